The zero-order chi connectivity index (χ0) is 11.7. The van der Waals surface area contributed by atoms with Crippen molar-refractivity contribution in [1.82, 2.24) is 9.55 Å². The van der Waals surface area contributed by atoms with E-state index in [0.717, 1.165) is 0 Å². The molecule has 16 heavy (non-hydrogen) atoms. The molecule has 0 radical (unpaired) electrons. The van der Waals surface area contributed by atoms with Crippen LogP contribution in [0.5, 0.6) is 0 Å². The van der Waals surface area contributed by atoms with E-state index in [1.54, 1.807) is 0 Å². The van der Waals surface area contributed by atoms with Gasteiger partial charge >= 0.3 is 5.69 Å². The van der Waals surface area contributed by atoms with E-state index in [-0.39, 0.29) is 13.0 Å². The number of nitrogens with zero attached hydrogens (tertiary/aromatic N) is 1. The van der Waals surface area contributed by atoms with Gasteiger partial charge in [-0.25, -0.2) is 4.79 Å². The molecular weight excluding hydrogens is 214 g/mol. The molecule has 7 heteroatoms. The fourth-order valence-electron chi connectivity index (χ4n) is 1.75. The molecule has 0 saturated carbocycles. The van der Waals surface area contributed by atoms with Crippen molar-refractivity contribution in [2.45, 2.75) is 24.9 Å². The molecule has 4 N–H and O–H groups in total. The Labute approximate surface area is 90.5 Å². The molecule has 1 aromatic heterocycles. The molecule has 0 amide bonds. The minimum Gasteiger partial charge on any atom is -0.390 e. The first-order chi connectivity index (χ1) is 7.61. The average Bonchev–Trinajstić information content (AvgIpc) is 2.59. The Morgan fingerprint density at radius 1 is 1.62 bits per heavy atom. The van der Waals surface area contributed by atoms with Crippen molar-refractivity contribution < 1.29 is 9.84 Å². The lowest BCUT2D eigenvalue weighted by atomic mass is 10.2. The fourth-order valence-corrected chi connectivity index (χ4v) is 1.75. The van der Waals surface area contributed by atoms with Crippen LogP contribution in [-0.4, -0.2) is 33.4 Å². The largest absolute Gasteiger partial charge is 0.390 e. The normalized spacial score (nSPS) is 29.5. The van der Waals surface area contributed by atoms with Gasteiger partial charge in [0.2, 0.25) is 0 Å². The van der Waals surface area contributed by atoms with Crippen LogP contribution in [0.25, 0.3) is 0 Å². The number of nitrogens with one attached hydrogen (secondary N) is 1. The molecule has 1 unspecified atom stereocenters. The number of H-pyrrole nitrogens is 1. The highest BCUT2D eigenvalue weighted by Gasteiger charge is 2.34. The Kier molecular flexibility index (Phi) is 2.90. The molecule has 2 rings (SSSR count). The number of aromatic amines is 1. The Morgan fingerprint density at radius 2 is 2.38 bits per heavy atom. The highest BCUT2D eigenvalue weighted by atomic mass is 16.5. The molecule has 1 fully saturated rings. The summed E-state index contributed by atoms with van der Waals surface area (Å²) in [6.45, 7) is 0.190. The molecule has 1 aliphatic heterocycles. The number of aliphatic hydroxyl groups excluding tert-OH is 1. The first kappa shape index (κ1) is 11.1. The first-order valence-corrected chi connectivity index (χ1v) is 4.97. The van der Waals surface area contributed by atoms with Crippen LogP contribution in [0.15, 0.2) is 21.9 Å². The maximum Gasteiger partial charge on any atom is 0.330 e. The second-order valence-corrected chi connectivity index (χ2v) is 3.69. The highest BCUT2D eigenvalue weighted by molar-refractivity contribution is 4.88. The van der Waals surface area contributed by atoms with Gasteiger partial charge < -0.3 is 15.6 Å². The van der Waals surface area contributed by atoms with Crippen LogP contribution in [0.2, 0.25) is 0 Å². The van der Waals surface area contributed by atoms with Gasteiger partial charge in [0.25, 0.3) is 5.56 Å². The molecule has 88 valence electrons. The van der Waals surface area contributed by atoms with Gasteiger partial charge in [-0.05, 0) is 0 Å². The van der Waals surface area contributed by atoms with E-state index in [0.29, 0.717) is 0 Å². The van der Waals surface area contributed by atoms with Crippen molar-refractivity contribution in [3.63, 3.8) is 0 Å². The van der Waals surface area contributed by atoms with Crippen molar-refractivity contribution in [2.75, 3.05) is 6.54 Å². The molecule has 2 heterocycles. The Balaban J connectivity index is 2.27. The summed E-state index contributed by atoms with van der Waals surface area (Å²) in [5, 5.41) is 9.57. The number of aromatic nitrogens is 2. The third-order valence-electron chi connectivity index (χ3n) is 2.60. The van der Waals surface area contributed by atoms with Gasteiger partial charge in [0, 0.05) is 25.2 Å². The van der Waals surface area contributed by atoms with Gasteiger partial charge in [0.05, 0.1) is 12.2 Å². The molecule has 3 atom stereocenters. The quantitative estimate of drug-likeness (QED) is 0.549. The minimum atomic E-state index is -0.686. The molecule has 0 aromatic carbocycles. The Hall–Kier alpha value is -1.44. The number of ether oxygens (including phenoxy) is 1. The van der Waals surface area contributed by atoms with Crippen LogP contribution in [-0.2, 0) is 4.74 Å². The number of aliphatic hydroxyl groups is 1. The van der Waals surface area contributed by atoms with Crippen molar-refractivity contribution in [3.05, 3.63) is 33.1 Å². The van der Waals surface area contributed by atoms with Gasteiger partial charge in [-0.2, -0.15) is 0 Å². The molecule has 1 saturated heterocycles. The summed E-state index contributed by atoms with van der Waals surface area (Å²) in [4.78, 5) is 24.4. The number of hydrogen-bond donors (Lipinski definition) is 3. The molecule has 1 aromatic rings. The van der Waals surface area contributed by atoms with Crippen LogP contribution in [0, 0.1) is 0 Å². The van der Waals surface area contributed by atoms with Crippen molar-refractivity contribution in [3.8, 4) is 0 Å². The van der Waals surface area contributed by atoms with E-state index in [9.17, 15) is 14.7 Å². The molecule has 0 bridgehead atoms. The standard InChI is InChI=1S/C9H13N3O4/c10-4-6-5(13)3-8(16-6)12-2-1-7(14)11-9(12)15/h1-2,5-6,8,13H,3-4,10H2,(H,11,14,15)/t5-,6-,8?/m1/s1. The number of nitrogens with two attached hydrogens (primary N) is 1. The van der Waals surface area contributed by atoms with Gasteiger partial charge in [-0.15, -0.1) is 0 Å². The first-order valence-electron chi connectivity index (χ1n) is 4.97. The van der Waals surface area contributed by atoms with Crippen molar-refractivity contribution in [2.24, 2.45) is 5.73 Å². The molecule has 0 spiro atoms. The SMILES string of the molecule is NC[C@H]1OC(n2ccc(=O)[nH]c2=O)C[C@H]1O. The Morgan fingerprint density at radius 3 is 2.94 bits per heavy atom. The molecule has 1 aliphatic rings. The van der Waals surface area contributed by atoms with Gasteiger partial charge in [0.15, 0.2) is 0 Å². The van der Waals surface area contributed by atoms with Crippen LogP contribution in [0.4, 0.5) is 0 Å². The second kappa shape index (κ2) is 4.20. The third kappa shape index (κ3) is 1.92. The molecular formula is C9H13N3O4. The van der Waals surface area contributed by atoms with Crippen LogP contribution in [0.1, 0.15) is 12.6 Å². The summed E-state index contributed by atoms with van der Waals surface area (Å²) in [5.74, 6) is 0. The molecule has 0 aliphatic carbocycles. The lowest BCUT2D eigenvalue weighted by molar-refractivity contribution is -0.0151. The maximum atomic E-state index is 11.4. The highest BCUT2D eigenvalue weighted by Crippen LogP contribution is 2.26. The van der Waals surface area contributed by atoms with Crippen LogP contribution in [0.3, 0.4) is 0 Å². The van der Waals surface area contributed by atoms with Crippen LogP contribution >= 0.6 is 0 Å². The maximum absolute atomic E-state index is 11.4. The van der Waals surface area contributed by atoms with E-state index in [1.165, 1.54) is 16.8 Å². The monoisotopic (exact) mass is 227 g/mol. The van der Waals surface area contributed by atoms with Gasteiger partial charge in [0.1, 0.15) is 6.23 Å². The van der Waals surface area contributed by atoms with E-state index < -0.39 is 29.7 Å². The predicted octanol–water partition coefficient (Wildman–Crippen LogP) is -1.86. The summed E-state index contributed by atoms with van der Waals surface area (Å²) in [7, 11) is 0. The second-order valence-electron chi connectivity index (χ2n) is 3.69. The van der Waals surface area contributed by atoms with E-state index in [1.807, 2.05) is 0 Å². The zero-order valence-electron chi connectivity index (χ0n) is 8.50. The summed E-state index contributed by atoms with van der Waals surface area (Å²) >= 11 is 0. The fraction of sp³-hybridized carbons (Fsp3) is 0.556. The summed E-state index contributed by atoms with van der Waals surface area (Å²) in [5.41, 5.74) is 4.38. The topological polar surface area (TPSA) is 110 Å². The number of rotatable bonds is 2. The van der Waals surface area contributed by atoms with Crippen molar-refractivity contribution in [1.29, 1.82) is 0 Å². The van der Waals surface area contributed by atoms with E-state index in [2.05, 4.69) is 4.98 Å². The average molecular weight is 227 g/mol. The van der Waals surface area contributed by atoms with E-state index >= 15 is 0 Å². The minimum absolute atomic E-state index is 0.190. The molecule has 7 nitrogen and oxygen atoms in total. The summed E-state index contributed by atoms with van der Waals surface area (Å²) in [6.07, 6.45) is -0.101. The zero-order valence-corrected chi connectivity index (χ0v) is 8.50. The predicted molar refractivity (Wildman–Crippen MR) is 54.9 cm³/mol. The number of hydrogen-bond acceptors (Lipinski definition) is 5. The third-order valence-corrected chi connectivity index (χ3v) is 2.60. The smallest absolute Gasteiger partial charge is 0.330 e. The van der Waals surface area contributed by atoms with Crippen molar-refractivity contribution >= 4 is 0 Å². The van der Waals surface area contributed by atoms with Gasteiger partial charge in [-0.1, -0.05) is 0 Å². The Bertz CT molecular complexity index is 480. The summed E-state index contributed by atoms with van der Waals surface area (Å²) in [6, 6.07) is 1.23. The summed E-state index contributed by atoms with van der Waals surface area (Å²) < 4.78 is 6.63. The lowest BCUT2D eigenvalue weighted by Crippen LogP contribution is -2.32. The van der Waals surface area contributed by atoms with Gasteiger partial charge in [-0.3, -0.25) is 14.3 Å². The lowest BCUT2D eigenvalue weighted by Gasteiger charge is -2.13. The van der Waals surface area contributed by atoms with Crippen LogP contribution < -0.4 is 17.0 Å². The van der Waals surface area contributed by atoms with E-state index in [4.69, 9.17) is 10.5 Å².